The second-order valence-corrected chi connectivity index (χ2v) is 8.99. The molecule has 1 aliphatic carbocycles. The maximum atomic E-state index is 12.6. The van der Waals surface area contributed by atoms with E-state index in [4.69, 9.17) is 4.98 Å². The smallest absolute Gasteiger partial charge is 0.251 e. The van der Waals surface area contributed by atoms with E-state index in [0.717, 1.165) is 56.0 Å². The van der Waals surface area contributed by atoms with Crippen LogP contribution in [-0.2, 0) is 18.5 Å². The molecule has 166 valence electrons. The monoisotopic (exact) mass is 431 g/mol. The molecule has 3 aromatic rings. The highest BCUT2D eigenvalue weighted by molar-refractivity contribution is 5.77. The van der Waals surface area contributed by atoms with Crippen LogP contribution >= 0.6 is 0 Å². The lowest BCUT2D eigenvalue weighted by Crippen LogP contribution is -2.36. The van der Waals surface area contributed by atoms with E-state index >= 15 is 0 Å². The number of aromatic nitrogens is 4. The highest BCUT2D eigenvalue weighted by Gasteiger charge is 2.37. The Morgan fingerprint density at radius 3 is 2.88 bits per heavy atom. The van der Waals surface area contributed by atoms with E-state index in [-0.39, 0.29) is 17.0 Å². The van der Waals surface area contributed by atoms with Crippen LogP contribution in [0.1, 0.15) is 49.8 Å². The molecule has 1 fully saturated rings. The van der Waals surface area contributed by atoms with Gasteiger partial charge in [-0.2, -0.15) is 5.10 Å². The molecule has 7 heteroatoms. The highest BCUT2D eigenvalue weighted by atomic mass is 16.3. The first-order valence-corrected chi connectivity index (χ1v) is 11.4. The number of pyridine rings is 1. The summed E-state index contributed by atoms with van der Waals surface area (Å²) in [6, 6.07) is 4.36. The molecule has 0 atom stereocenters. The van der Waals surface area contributed by atoms with Crippen LogP contribution < -0.4 is 10.7 Å². The minimum Gasteiger partial charge on any atom is -0.503 e. The summed E-state index contributed by atoms with van der Waals surface area (Å²) in [7, 11) is 0. The third-order valence-corrected chi connectivity index (χ3v) is 6.72. The van der Waals surface area contributed by atoms with Crippen LogP contribution in [-0.4, -0.2) is 31.0 Å². The number of nitrogens with zero attached hydrogens (tertiary/aromatic N) is 4. The second kappa shape index (κ2) is 8.30. The van der Waals surface area contributed by atoms with Crippen LogP contribution in [0.4, 0.5) is 0 Å². The molecule has 7 nitrogen and oxygen atoms in total. The number of hydrogen-bond donors (Lipinski definition) is 2. The lowest BCUT2D eigenvalue weighted by Gasteiger charge is -2.32. The van der Waals surface area contributed by atoms with E-state index in [1.165, 1.54) is 11.8 Å². The van der Waals surface area contributed by atoms with Crippen LogP contribution in [0.2, 0.25) is 0 Å². The van der Waals surface area contributed by atoms with Crippen molar-refractivity contribution < 1.29 is 5.11 Å². The molecule has 0 radical (unpaired) electrons. The summed E-state index contributed by atoms with van der Waals surface area (Å²) in [5.41, 5.74) is 2.10. The van der Waals surface area contributed by atoms with Crippen molar-refractivity contribution in [1.29, 1.82) is 0 Å². The number of fused-ring (bicyclic) bond motifs is 7. The zero-order chi connectivity index (χ0) is 22.1. The molecule has 1 spiro atoms. The van der Waals surface area contributed by atoms with Crippen molar-refractivity contribution in [3.8, 4) is 5.75 Å². The molecule has 32 heavy (non-hydrogen) atoms. The summed E-state index contributed by atoms with van der Waals surface area (Å²) in [6.07, 6.45) is 16.8. The molecule has 6 rings (SSSR count). The Kier molecular flexibility index (Phi) is 5.33. The van der Waals surface area contributed by atoms with Crippen molar-refractivity contribution in [3.63, 3.8) is 0 Å². The second-order valence-electron chi connectivity index (χ2n) is 8.99. The van der Waals surface area contributed by atoms with Crippen LogP contribution in [0, 0.1) is 0 Å². The van der Waals surface area contributed by atoms with Crippen LogP contribution in [0.15, 0.2) is 54.2 Å². The van der Waals surface area contributed by atoms with Gasteiger partial charge in [-0.3, -0.25) is 9.48 Å². The van der Waals surface area contributed by atoms with Gasteiger partial charge in [-0.1, -0.05) is 31.6 Å². The summed E-state index contributed by atoms with van der Waals surface area (Å²) in [6.45, 7) is 5.24. The highest BCUT2D eigenvalue weighted by Crippen LogP contribution is 2.40. The summed E-state index contributed by atoms with van der Waals surface area (Å²) in [5, 5.41) is 19.3. The Bertz CT molecular complexity index is 1250. The van der Waals surface area contributed by atoms with Gasteiger partial charge in [0.15, 0.2) is 11.4 Å². The van der Waals surface area contributed by atoms with Gasteiger partial charge in [-0.25, -0.2) is 4.98 Å². The van der Waals surface area contributed by atoms with Gasteiger partial charge in [-0.15, -0.1) is 0 Å². The molecule has 0 saturated heterocycles. The fourth-order valence-electron chi connectivity index (χ4n) is 5.06. The van der Waals surface area contributed by atoms with Gasteiger partial charge in [0.1, 0.15) is 5.65 Å². The van der Waals surface area contributed by atoms with E-state index in [1.807, 2.05) is 6.20 Å². The van der Waals surface area contributed by atoms with Gasteiger partial charge < -0.3 is 15.0 Å². The van der Waals surface area contributed by atoms with Crippen molar-refractivity contribution >= 4 is 16.7 Å². The Hall–Kier alpha value is -3.35. The number of nitrogens with one attached hydrogen (secondary N) is 1. The lowest BCUT2D eigenvalue weighted by atomic mass is 9.97. The maximum absolute atomic E-state index is 12.6. The van der Waals surface area contributed by atoms with Gasteiger partial charge in [0, 0.05) is 24.3 Å². The molecule has 0 unspecified atom stereocenters. The van der Waals surface area contributed by atoms with Gasteiger partial charge in [0.2, 0.25) is 0 Å². The van der Waals surface area contributed by atoms with Crippen molar-refractivity contribution in [1.82, 2.24) is 24.6 Å². The normalized spacial score (nSPS) is 19.8. The number of allylic oxidation sites excluding steroid dienone is 2. The molecule has 2 aliphatic heterocycles. The number of rotatable bonds is 0. The third-order valence-electron chi connectivity index (χ3n) is 6.72. The number of hydrogen-bond acceptors (Lipinski definition) is 5. The third kappa shape index (κ3) is 3.72. The van der Waals surface area contributed by atoms with Gasteiger partial charge in [0.05, 0.1) is 24.0 Å². The fraction of sp³-hybridized carbons (Fsp3) is 0.400. The van der Waals surface area contributed by atoms with Crippen LogP contribution in [0.3, 0.4) is 0 Å². The molecule has 0 aromatic carbocycles. The zero-order valence-corrected chi connectivity index (χ0v) is 18.3. The van der Waals surface area contributed by atoms with Gasteiger partial charge in [-0.05, 0) is 49.8 Å². The van der Waals surface area contributed by atoms with E-state index in [1.54, 1.807) is 4.68 Å². The van der Waals surface area contributed by atoms with Crippen LogP contribution in [0.25, 0.3) is 16.7 Å². The van der Waals surface area contributed by atoms with Crippen molar-refractivity contribution in [2.45, 2.75) is 57.0 Å². The van der Waals surface area contributed by atoms with E-state index < -0.39 is 5.43 Å². The fourth-order valence-corrected chi connectivity index (χ4v) is 5.06. The first kappa shape index (κ1) is 20.5. The van der Waals surface area contributed by atoms with Crippen LogP contribution in [0.5, 0.6) is 5.75 Å². The SMILES string of the molecule is C=C1NCCC/C=C/Cc2cnc3c(ccn3C3(CCCC3)Cn3cc(O)c(=O)c1n3)c2. The topological polar surface area (TPSA) is 85.0 Å². The standard InChI is InChI=1S/C25H29N5O2/c1-18-22-23(32)21(31)16-29(28-22)17-25(10-5-6-11-25)30-13-9-20-14-19(15-27-24(20)30)8-4-2-3-7-12-26-18/h2,4,9,13-16,26,31H,1,3,5-8,10-12,17H2/b4-2+. The first-order valence-electron chi connectivity index (χ1n) is 11.4. The Morgan fingerprint density at radius 2 is 2.03 bits per heavy atom. The molecule has 1 saturated carbocycles. The molecular weight excluding hydrogens is 402 g/mol. The summed E-state index contributed by atoms with van der Waals surface area (Å²) in [5.74, 6) is -0.302. The quantitative estimate of drug-likeness (QED) is 0.530. The van der Waals surface area contributed by atoms with Crippen molar-refractivity contribution in [3.05, 3.63) is 70.9 Å². The zero-order valence-electron chi connectivity index (χ0n) is 18.3. The number of aromatic hydroxyl groups is 1. The average molecular weight is 432 g/mol. The molecule has 6 bridgehead atoms. The predicted molar refractivity (Wildman–Crippen MR) is 125 cm³/mol. The first-order chi connectivity index (χ1) is 15.6. The molecular formula is C25H29N5O2. The predicted octanol–water partition coefficient (Wildman–Crippen LogP) is 3.72. The summed E-state index contributed by atoms with van der Waals surface area (Å²) < 4.78 is 3.98. The maximum Gasteiger partial charge on any atom is 0.251 e. The van der Waals surface area contributed by atoms with Crippen molar-refractivity contribution in [2.24, 2.45) is 0 Å². The lowest BCUT2D eigenvalue weighted by molar-refractivity contribution is 0.240. The Balaban J connectivity index is 1.63. The minimum atomic E-state index is -0.492. The summed E-state index contributed by atoms with van der Waals surface area (Å²) >= 11 is 0. The van der Waals surface area contributed by atoms with E-state index in [0.29, 0.717) is 18.8 Å². The minimum absolute atomic E-state index is 0.176. The van der Waals surface area contributed by atoms with Gasteiger partial charge in [0.25, 0.3) is 5.43 Å². The molecule has 2 N–H and O–H groups in total. The Morgan fingerprint density at radius 1 is 1.19 bits per heavy atom. The van der Waals surface area contributed by atoms with E-state index in [2.05, 4.69) is 52.0 Å². The molecule has 3 aromatic heterocycles. The van der Waals surface area contributed by atoms with Gasteiger partial charge >= 0.3 is 0 Å². The largest absolute Gasteiger partial charge is 0.503 e. The average Bonchev–Trinajstić information content (AvgIpc) is 3.42. The van der Waals surface area contributed by atoms with E-state index in [9.17, 15) is 9.90 Å². The molecule has 0 amide bonds. The molecule has 3 aliphatic rings. The summed E-state index contributed by atoms with van der Waals surface area (Å²) in [4.78, 5) is 17.4. The molecule has 5 heterocycles. The Labute approximate surface area is 187 Å². The van der Waals surface area contributed by atoms with Crippen molar-refractivity contribution in [2.75, 3.05) is 6.54 Å².